The van der Waals surface area contributed by atoms with Crippen molar-refractivity contribution in [1.29, 1.82) is 0 Å². The summed E-state index contributed by atoms with van der Waals surface area (Å²) in [5.41, 5.74) is 0.135. The summed E-state index contributed by atoms with van der Waals surface area (Å²) in [5.74, 6) is 0.949. The molecule has 6 heteroatoms. The maximum Gasteiger partial charge on any atom is 0.276 e. The van der Waals surface area contributed by atoms with E-state index >= 15 is 0 Å². The van der Waals surface area contributed by atoms with Crippen LogP contribution in [0.25, 0.3) is 0 Å². The SMILES string of the molecule is CCOC[C@@H]1CCC[C@]12CN(C(=O)c1cc(C)on1)CCO2. The summed E-state index contributed by atoms with van der Waals surface area (Å²) in [5, 5.41) is 3.84. The molecule has 6 nitrogen and oxygen atoms in total. The molecule has 2 aliphatic rings. The molecular formula is C16H24N2O4. The quantitative estimate of drug-likeness (QED) is 0.851. The van der Waals surface area contributed by atoms with E-state index in [9.17, 15) is 4.79 Å². The number of aryl methyl sites for hydroxylation is 1. The number of carbonyl (C=O) groups is 1. The second-order valence-corrected chi connectivity index (χ2v) is 6.21. The van der Waals surface area contributed by atoms with Gasteiger partial charge in [0.15, 0.2) is 5.69 Å². The third kappa shape index (κ3) is 2.90. The Balaban J connectivity index is 1.71. The van der Waals surface area contributed by atoms with Crippen molar-refractivity contribution in [3.63, 3.8) is 0 Å². The smallest absolute Gasteiger partial charge is 0.276 e. The minimum Gasteiger partial charge on any atom is -0.381 e. The molecule has 2 atom stereocenters. The van der Waals surface area contributed by atoms with Gasteiger partial charge in [0.25, 0.3) is 5.91 Å². The molecule has 0 radical (unpaired) electrons. The van der Waals surface area contributed by atoms with Crippen molar-refractivity contribution in [2.75, 3.05) is 32.9 Å². The summed E-state index contributed by atoms with van der Waals surface area (Å²) in [4.78, 5) is 14.4. The molecule has 1 aliphatic heterocycles. The maximum absolute atomic E-state index is 12.6. The van der Waals surface area contributed by atoms with Gasteiger partial charge in [0.05, 0.1) is 25.4 Å². The monoisotopic (exact) mass is 308 g/mol. The highest BCUT2D eigenvalue weighted by molar-refractivity contribution is 5.92. The van der Waals surface area contributed by atoms with Gasteiger partial charge in [-0.05, 0) is 26.7 Å². The van der Waals surface area contributed by atoms with Crippen molar-refractivity contribution < 1.29 is 18.8 Å². The van der Waals surface area contributed by atoms with Gasteiger partial charge in [-0.1, -0.05) is 11.6 Å². The molecule has 22 heavy (non-hydrogen) atoms. The number of hydrogen-bond donors (Lipinski definition) is 0. The van der Waals surface area contributed by atoms with Gasteiger partial charge in [0.1, 0.15) is 5.76 Å². The van der Waals surface area contributed by atoms with E-state index in [4.69, 9.17) is 14.0 Å². The van der Waals surface area contributed by atoms with Crippen LogP contribution in [0, 0.1) is 12.8 Å². The first-order valence-electron chi connectivity index (χ1n) is 8.09. The van der Waals surface area contributed by atoms with E-state index in [2.05, 4.69) is 5.16 Å². The number of carbonyl (C=O) groups excluding carboxylic acids is 1. The summed E-state index contributed by atoms with van der Waals surface area (Å²) in [6.45, 7) is 7.02. The zero-order valence-electron chi connectivity index (χ0n) is 13.3. The van der Waals surface area contributed by atoms with Crippen LogP contribution >= 0.6 is 0 Å². The van der Waals surface area contributed by atoms with E-state index < -0.39 is 0 Å². The van der Waals surface area contributed by atoms with Gasteiger partial charge < -0.3 is 18.9 Å². The lowest BCUT2D eigenvalue weighted by molar-refractivity contribution is -0.132. The van der Waals surface area contributed by atoms with Gasteiger partial charge in [-0.2, -0.15) is 0 Å². The molecule has 1 aromatic heterocycles. The Morgan fingerprint density at radius 3 is 3.18 bits per heavy atom. The van der Waals surface area contributed by atoms with Gasteiger partial charge in [0.2, 0.25) is 0 Å². The average Bonchev–Trinajstić information content (AvgIpc) is 3.11. The Morgan fingerprint density at radius 1 is 1.59 bits per heavy atom. The zero-order chi connectivity index (χ0) is 15.6. The highest BCUT2D eigenvalue weighted by Crippen LogP contribution is 2.41. The van der Waals surface area contributed by atoms with E-state index in [-0.39, 0.29) is 11.5 Å². The van der Waals surface area contributed by atoms with E-state index in [1.54, 1.807) is 13.0 Å². The van der Waals surface area contributed by atoms with Gasteiger partial charge in [-0.25, -0.2) is 0 Å². The van der Waals surface area contributed by atoms with Crippen LogP contribution in [0.4, 0.5) is 0 Å². The average molecular weight is 308 g/mol. The van der Waals surface area contributed by atoms with Crippen molar-refractivity contribution in [3.05, 3.63) is 17.5 Å². The molecule has 1 aromatic rings. The second-order valence-electron chi connectivity index (χ2n) is 6.21. The van der Waals surface area contributed by atoms with Crippen LogP contribution < -0.4 is 0 Å². The van der Waals surface area contributed by atoms with Crippen molar-refractivity contribution in [3.8, 4) is 0 Å². The Labute approximate surface area is 130 Å². The van der Waals surface area contributed by atoms with Gasteiger partial charge in [0, 0.05) is 25.1 Å². The largest absolute Gasteiger partial charge is 0.381 e. The lowest BCUT2D eigenvalue weighted by atomic mass is 9.89. The van der Waals surface area contributed by atoms with Gasteiger partial charge in [-0.3, -0.25) is 4.79 Å². The molecule has 1 spiro atoms. The highest BCUT2D eigenvalue weighted by atomic mass is 16.5. The number of hydrogen-bond acceptors (Lipinski definition) is 5. The molecular weight excluding hydrogens is 284 g/mol. The molecule has 0 unspecified atom stereocenters. The topological polar surface area (TPSA) is 64.8 Å². The van der Waals surface area contributed by atoms with Crippen molar-refractivity contribution >= 4 is 5.91 Å². The standard InChI is InChI=1S/C16H24N2O4/c1-3-20-10-13-5-4-6-16(13)11-18(7-8-21-16)15(19)14-9-12(2)22-17-14/h9,13H,3-8,10-11H2,1-2H3/t13-,16-/m0/s1. The molecule has 1 saturated carbocycles. The molecule has 2 heterocycles. The van der Waals surface area contributed by atoms with Crippen molar-refractivity contribution in [2.45, 2.75) is 38.7 Å². The maximum atomic E-state index is 12.6. The third-order valence-corrected chi connectivity index (χ3v) is 4.76. The van der Waals surface area contributed by atoms with E-state index in [1.807, 2.05) is 11.8 Å². The van der Waals surface area contributed by atoms with E-state index in [0.717, 1.165) is 19.3 Å². The molecule has 2 fully saturated rings. The third-order valence-electron chi connectivity index (χ3n) is 4.76. The lowest BCUT2D eigenvalue weighted by Crippen LogP contribution is -2.56. The fourth-order valence-corrected chi connectivity index (χ4v) is 3.62. The molecule has 0 aromatic carbocycles. The van der Waals surface area contributed by atoms with E-state index in [1.165, 1.54) is 0 Å². The molecule has 122 valence electrons. The van der Waals surface area contributed by atoms with Crippen molar-refractivity contribution in [1.82, 2.24) is 10.1 Å². The molecule has 1 aliphatic carbocycles. The highest BCUT2D eigenvalue weighted by Gasteiger charge is 2.48. The van der Waals surface area contributed by atoms with Crippen LogP contribution in [0.5, 0.6) is 0 Å². The molecule has 1 amide bonds. The first-order chi connectivity index (χ1) is 10.6. The predicted octanol–water partition coefficient (Wildman–Crippen LogP) is 2.03. The number of aromatic nitrogens is 1. The number of ether oxygens (including phenoxy) is 2. The molecule has 1 saturated heterocycles. The van der Waals surface area contributed by atoms with Crippen LogP contribution in [-0.2, 0) is 9.47 Å². The zero-order valence-corrected chi connectivity index (χ0v) is 13.3. The Bertz CT molecular complexity index is 530. The summed E-state index contributed by atoms with van der Waals surface area (Å²) in [6.07, 6.45) is 3.22. The van der Waals surface area contributed by atoms with Gasteiger partial charge in [-0.15, -0.1) is 0 Å². The van der Waals surface area contributed by atoms with Crippen LogP contribution in [-0.4, -0.2) is 54.5 Å². The normalized spacial score (nSPS) is 28.5. The van der Waals surface area contributed by atoms with Crippen LogP contribution in [0.15, 0.2) is 10.6 Å². The molecule has 3 rings (SSSR count). The fraction of sp³-hybridized carbons (Fsp3) is 0.750. The number of rotatable bonds is 4. The Kier molecular flexibility index (Phi) is 4.49. The summed E-state index contributed by atoms with van der Waals surface area (Å²) in [7, 11) is 0. The first-order valence-corrected chi connectivity index (χ1v) is 8.09. The van der Waals surface area contributed by atoms with Crippen LogP contribution in [0.2, 0.25) is 0 Å². The van der Waals surface area contributed by atoms with Crippen LogP contribution in [0.1, 0.15) is 42.4 Å². The van der Waals surface area contributed by atoms with Gasteiger partial charge >= 0.3 is 0 Å². The summed E-state index contributed by atoms with van der Waals surface area (Å²) < 4.78 is 16.8. The number of nitrogens with zero attached hydrogens (tertiary/aromatic N) is 2. The lowest BCUT2D eigenvalue weighted by Gasteiger charge is -2.43. The minimum atomic E-state index is -0.248. The number of amides is 1. The molecule has 0 bridgehead atoms. The van der Waals surface area contributed by atoms with E-state index in [0.29, 0.717) is 50.3 Å². The summed E-state index contributed by atoms with van der Waals surface area (Å²) >= 11 is 0. The second kappa shape index (κ2) is 6.38. The minimum absolute atomic E-state index is 0.0680. The van der Waals surface area contributed by atoms with Crippen molar-refractivity contribution in [2.24, 2.45) is 5.92 Å². The first kappa shape index (κ1) is 15.5. The predicted molar refractivity (Wildman–Crippen MR) is 79.7 cm³/mol. The van der Waals surface area contributed by atoms with Crippen LogP contribution in [0.3, 0.4) is 0 Å². The fourth-order valence-electron chi connectivity index (χ4n) is 3.62. The summed E-state index contributed by atoms with van der Waals surface area (Å²) in [6, 6.07) is 1.69. The number of morpholine rings is 1. The Hall–Kier alpha value is -1.40. The molecule has 0 N–H and O–H groups in total. The Morgan fingerprint density at radius 2 is 2.45 bits per heavy atom.